The van der Waals surface area contributed by atoms with Crippen molar-refractivity contribution in [2.75, 3.05) is 25.0 Å². The highest BCUT2D eigenvalue weighted by Gasteiger charge is 2.59. The molecule has 8 nitrogen and oxygen atoms in total. The molecule has 8 heteroatoms. The molecule has 150 valence electrons. The number of hydrogen-bond donors (Lipinski definition) is 1. The number of carbonyl (C=O) groups excluding carboxylic acids is 1. The Bertz CT molecular complexity index is 1060. The zero-order chi connectivity index (χ0) is 20.1. The summed E-state index contributed by atoms with van der Waals surface area (Å²) in [7, 11) is 1.71. The van der Waals surface area contributed by atoms with Gasteiger partial charge in [0.2, 0.25) is 11.9 Å². The topological polar surface area (TPSA) is 88.8 Å². The molecule has 2 atom stereocenters. The molecular formula is C21H25N7O. The summed E-state index contributed by atoms with van der Waals surface area (Å²) in [6, 6.07) is 4.39. The zero-order valence-corrected chi connectivity index (χ0v) is 16.9. The van der Waals surface area contributed by atoms with Gasteiger partial charge in [0.05, 0.1) is 23.7 Å². The van der Waals surface area contributed by atoms with Crippen LogP contribution in [0.25, 0.3) is 11.0 Å². The monoisotopic (exact) mass is 391 g/mol. The van der Waals surface area contributed by atoms with Gasteiger partial charge in [0.15, 0.2) is 0 Å². The third-order valence-electron chi connectivity index (χ3n) is 6.16. The van der Waals surface area contributed by atoms with E-state index in [1.807, 2.05) is 24.8 Å². The minimum Gasteiger partial charge on any atom is -0.359 e. The van der Waals surface area contributed by atoms with Crippen LogP contribution < -0.4 is 10.2 Å². The van der Waals surface area contributed by atoms with Gasteiger partial charge in [0.1, 0.15) is 5.52 Å². The van der Waals surface area contributed by atoms with E-state index in [-0.39, 0.29) is 11.8 Å². The van der Waals surface area contributed by atoms with Crippen LogP contribution in [-0.4, -0.2) is 50.5 Å². The van der Waals surface area contributed by atoms with Crippen LogP contribution in [0.5, 0.6) is 0 Å². The van der Waals surface area contributed by atoms with Crippen LogP contribution in [0.15, 0.2) is 30.9 Å². The molecular weight excluding hydrogens is 366 g/mol. The summed E-state index contributed by atoms with van der Waals surface area (Å²) in [5, 5.41) is 2.77. The molecule has 1 amide bonds. The molecule has 1 aliphatic heterocycles. The molecule has 0 radical (unpaired) electrons. The Hall–Kier alpha value is -3.03. The van der Waals surface area contributed by atoms with Crippen molar-refractivity contribution in [3.8, 4) is 0 Å². The molecule has 1 N–H and O–H groups in total. The fraction of sp³-hybridized carbons (Fsp3) is 0.476. The first-order valence-electron chi connectivity index (χ1n) is 10.1. The number of piperidine rings is 1. The lowest BCUT2D eigenvalue weighted by atomic mass is 10.2. The molecule has 0 spiro atoms. The lowest BCUT2D eigenvalue weighted by Crippen LogP contribution is -2.31. The third-order valence-corrected chi connectivity index (χ3v) is 6.16. The highest BCUT2D eigenvalue weighted by atomic mass is 16.2. The first-order valence-corrected chi connectivity index (χ1v) is 10.1. The summed E-state index contributed by atoms with van der Waals surface area (Å²) in [4.78, 5) is 32.3. The van der Waals surface area contributed by atoms with Crippen LogP contribution in [0.2, 0.25) is 0 Å². The van der Waals surface area contributed by atoms with Crippen molar-refractivity contribution in [1.82, 2.24) is 29.8 Å². The van der Waals surface area contributed by atoms with Crippen LogP contribution >= 0.6 is 0 Å². The Kier molecular flexibility index (Phi) is 4.22. The van der Waals surface area contributed by atoms with E-state index in [1.54, 1.807) is 7.05 Å². The first-order chi connectivity index (χ1) is 14.0. The maximum Gasteiger partial charge on any atom is 0.225 e. The van der Waals surface area contributed by atoms with Gasteiger partial charge < -0.3 is 14.8 Å². The van der Waals surface area contributed by atoms with Crippen LogP contribution in [0.1, 0.15) is 31.3 Å². The lowest BCUT2D eigenvalue weighted by Gasteiger charge is -2.19. The van der Waals surface area contributed by atoms with E-state index in [1.165, 1.54) is 0 Å². The molecule has 3 aromatic rings. The summed E-state index contributed by atoms with van der Waals surface area (Å²) >= 11 is 0. The Balaban J connectivity index is 1.32. The van der Waals surface area contributed by atoms with Gasteiger partial charge >= 0.3 is 0 Å². The fourth-order valence-electron chi connectivity index (χ4n) is 4.55. The van der Waals surface area contributed by atoms with Crippen molar-refractivity contribution in [2.24, 2.45) is 17.8 Å². The standard InChI is InChI=1S/C21H25N7O/c1-12(2)28-11-25-17-8-24-14(7-18(17)28)6-13-4-5-23-21(26-13)27-9-15-16(10-27)19(15)20(29)22-3/h4-5,7-8,11-12,15-16,19H,6,9-10H2,1-3H3,(H,22,29). The van der Waals surface area contributed by atoms with Gasteiger partial charge in [-0.1, -0.05) is 0 Å². The molecule has 0 aromatic carbocycles. The Morgan fingerprint density at radius 2 is 2.00 bits per heavy atom. The third kappa shape index (κ3) is 3.12. The average molecular weight is 391 g/mol. The number of imidazole rings is 1. The first kappa shape index (κ1) is 18.0. The van der Waals surface area contributed by atoms with Crippen molar-refractivity contribution in [3.05, 3.63) is 42.2 Å². The van der Waals surface area contributed by atoms with E-state index in [0.717, 1.165) is 41.5 Å². The molecule has 1 saturated heterocycles. The summed E-state index contributed by atoms with van der Waals surface area (Å²) in [6.07, 6.45) is 6.16. The summed E-state index contributed by atoms with van der Waals surface area (Å²) < 4.78 is 2.16. The quantitative estimate of drug-likeness (QED) is 0.714. The molecule has 4 heterocycles. The molecule has 2 aliphatic rings. The SMILES string of the molecule is CNC(=O)C1C2CN(c3nccc(Cc4cc5c(cn4)ncn5C(C)C)n3)CC21. The van der Waals surface area contributed by atoms with Crippen LogP contribution in [-0.2, 0) is 11.2 Å². The molecule has 2 fully saturated rings. The van der Waals surface area contributed by atoms with Gasteiger partial charge in [0.25, 0.3) is 0 Å². The molecule has 29 heavy (non-hydrogen) atoms. The number of fused-ring (bicyclic) bond motifs is 2. The van der Waals surface area contributed by atoms with Gasteiger partial charge in [-0.15, -0.1) is 0 Å². The highest BCUT2D eigenvalue weighted by molar-refractivity contribution is 5.82. The van der Waals surface area contributed by atoms with Crippen LogP contribution in [0.3, 0.4) is 0 Å². The van der Waals surface area contributed by atoms with Gasteiger partial charge in [-0.05, 0) is 37.8 Å². The predicted molar refractivity (Wildman–Crippen MR) is 110 cm³/mol. The number of rotatable bonds is 5. The van der Waals surface area contributed by atoms with Gasteiger partial charge in [-0.25, -0.2) is 15.0 Å². The van der Waals surface area contributed by atoms with Crippen LogP contribution in [0, 0.1) is 17.8 Å². The maximum absolute atomic E-state index is 11.9. The number of nitrogens with one attached hydrogen (secondary N) is 1. The number of anilines is 1. The summed E-state index contributed by atoms with van der Waals surface area (Å²) in [5.74, 6) is 1.95. The van der Waals surface area contributed by atoms with E-state index in [9.17, 15) is 4.79 Å². The molecule has 5 rings (SSSR count). The minimum absolute atomic E-state index is 0.163. The van der Waals surface area contributed by atoms with E-state index in [4.69, 9.17) is 4.98 Å². The van der Waals surface area contributed by atoms with E-state index >= 15 is 0 Å². The van der Waals surface area contributed by atoms with Gasteiger partial charge in [-0.3, -0.25) is 9.78 Å². The Morgan fingerprint density at radius 1 is 1.21 bits per heavy atom. The van der Waals surface area contributed by atoms with Gasteiger partial charge in [0, 0.05) is 50.4 Å². The number of hydrogen-bond acceptors (Lipinski definition) is 6. The molecule has 2 unspecified atom stereocenters. The average Bonchev–Trinajstić information content (AvgIpc) is 3.07. The smallest absolute Gasteiger partial charge is 0.225 e. The number of pyridine rings is 1. The second-order valence-corrected chi connectivity index (χ2v) is 8.31. The molecule has 0 bridgehead atoms. The second-order valence-electron chi connectivity index (χ2n) is 8.31. The van der Waals surface area contributed by atoms with Crippen molar-refractivity contribution in [3.63, 3.8) is 0 Å². The molecule has 1 aliphatic carbocycles. The minimum atomic E-state index is 0.163. The van der Waals surface area contributed by atoms with Gasteiger partial charge in [-0.2, -0.15) is 0 Å². The molecule has 1 saturated carbocycles. The Morgan fingerprint density at radius 3 is 2.72 bits per heavy atom. The van der Waals surface area contributed by atoms with Crippen LogP contribution in [0.4, 0.5) is 5.95 Å². The lowest BCUT2D eigenvalue weighted by molar-refractivity contribution is -0.122. The summed E-state index contributed by atoms with van der Waals surface area (Å²) in [5.41, 5.74) is 3.92. The van der Waals surface area contributed by atoms with Crippen molar-refractivity contribution < 1.29 is 4.79 Å². The fourth-order valence-corrected chi connectivity index (χ4v) is 4.55. The number of aromatic nitrogens is 5. The molecule has 3 aromatic heterocycles. The summed E-state index contributed by atoms with van der Waals surface area (Å²) in [6.45, 7) is 5.99. The second kappa shape index (κ2) is 6.79. The normalized spacial score (nSPS) is 22.9. The number of carbonyl (C=O) groups is 1. The highest BCUT2D eigenvalue weighted by Crippen LogP contribution is 2.52. The van der Waals surface area contributed by atoms with Crippen molar-refractivity contribution in [2.45, 2.75) is 26.3 Å². The number of amides is 1. The predicted octanol–water partition coefficient (Wildman–Crippen LogP) is 1.82. The van der Waals surface area contributed by atoms with Crippen molar-refractivity contribution in [1.29, 1.82) is 0 Å². The Labute approximate surface area is 169 Å². The zero-order valence-electron chi connectivity index (χ0n) is 16.9. The van der Waals surface area contributed by atoms with E-state index in [2.05, 4.69) is 49.6 Å². The largest absolute Gasteiger partial charge is 0.359 e. The van der Waals surface area contributed by atoms with E-state index < -0.39 is 0 Å². The van der Waals surface area contributed by atoms with E-state index in [0.29, 0.717) is 24.3 Å². The maximum atomic E-state index is 11.9. The number of nitrogens with zero attached hydrogens (tertiary/aromatic N) is 6. The van der Waals surface area contributed by atoms with Crippen molar-refractivity contribution >= 4 is 22.9 Å².